The van der Waals surface area contributed by atoms with Gasteiger partial charge in [-0.25, -0.2) is 17.9 Å². The average molecular weight is 404 g/mol. The number of aromatic nitrogens is 1. The highest BCUT2D eigenvalue weighted by molar-refractivity contribution is 9.10. The van der Waals surface area contributed by atoms with E-state index in [-0.39, 0.29) is 23.7 Å². The second-order valence-corrected chi connectivity index (χ2v) is 7.19. The first-order valence-electron chi connectivity index (χ1n) is 6.36. The molecule has 0 atom stereocenters. The summed E-state index contributed by atoms with van der Waals surface area (Å²) in [4.78, 5) is 24.6. The molecular weight excluding hydrogens is 390 g/mol. The number of hydrogen-bond donors (Lipinski definition) is 5. The van der Waals surface area contributed by atoms with Gasteiger partial charge in [0.05, 0.1) is 0 Å². The van der Waals surface area contributed by atoms with Crippen LogP contribution >= 0.6 is 15.9 Å². The van der Waals surface area contributed by atoms with Crippen molar-refractivity contribution < 1.29 is 18.0 Å². The number of carbonyl (C=O) groups excluding carboxylic acids is 2. The Labute approximate surface area is 140 Å². The van der Waals surface area contributed by atoms with E-state index in [1.54, 1.807) is 18.2 Å². The Morgan fingerprint density at radius 2 is 1.91 bits per heavy atom. The molecular formula is C12H14BrN5O4S. The molecule has 0 spiro atoms. The largest absolute Gasteiger partial charge is 0.364 e. The predicted octanol–water partition coefficient (Wildman–Crippen LogP) is -0.0241. The van der Waals surface area contributed by atoms with Crippen molar-refractivity contribution in [3.8, 4) is 0 Å². The zero-order chi connectivity index (χ0) is 17.2. The van der Waals surface area contributed by atoms with E-state index in [4.69, 9.17) is 11.5 Å². The van der Waals surface area contributed by atoms with Crippen LogP contribution in [0.2, 0.25) is 0 Å². The van der Waals surface area contributed by atoms with E-state index >= 15 is 0 Å². The summed E-state index contributed by atoms with van der Waals surface area (Å²) in [5.41, 5.74) is 10.4. The minimum Gasteiger partial charge on any atom is -0.364 e. The first-order chi connectivity index (χ1) is 10.7. The third-order valence-electron chi connectivity index (χ3n) is 2.94. The topological polar surface area (TPSA) is 160 Å². The summed E-state index contributed by atoms with van der Waals surface area (Å²) in [5.74, 6) is -0.895. The molecule has 3 amide bonds. The van der Waals surface area contributed by atoms with Gasteiger partial charge < -0.3 is 21.8 Å². The third-order valence-corrected chi connectivity index (χ3v) is 4.98. The zero-order valence-electron chi connectivity index (χ0n) is 11.7. The van der Waals surface area contributed by atoms with Crippen molar-refractivity contribution >= 4 is 48.8 Å². The van der Waals surface area contributed by atoms with E-state index in [9.17, 15) is 18.0 Å². The lowest BCUT2D eigenvalue weighted by Gasteiger charge is -2.07. The quantitative estimate of drug-likeness (QED) is 0.428. The number of nitrogens with one attached hydrogen (secondary N) is 3. The molecule has 0 saturated carbocycles. The molecule has 11 heteroatoms. The van der Waals surface area contributed by atoms with Gasteiger partial charge in [-0.15, -0.1) is 0 Å². The van der Waals surface area contributed by atoms with Crippen molar-refractivity contribution in [1.29, 1.82) is 0 Å². The normalized spacial score (nSPS) is 11.5. The molecule has 0 aliphatic carbocycles. The lowest BCUT2D eigenvalue weighted by molar-refractivity contribution is 0.0993. The van der Waals surface area contributed by atoms with E-state index in [0.29, 0.717) is 15.4 Å². The standard InChI is InChI=1S/C12H14BrN5O4S/c13-6-1-2-8-7(5-6)10(9(18-8)11(14)19)23(21,22)17-4-3-16-12(15)20/h1-2,5,17-18H,3-4H2,(H2,14,19)(H3,15,16,20). The molecule has 1 heterocycles. The van der Waals surface area contributed by atoms with Crippen LogP contribution in [-0.4, -0.2) is 38.4 Å². The van der Waals surface area contributed by atoms with Crippen LogP contribution in [0.3, 0.4) is 0 Å². The molecule has 23 heavy (non-hydrogen) atoms. The highest BCUT2D eigenvalue weighted by Gasteiger charge is 2.26. The van der Waals surface area contributed by atoms with E-state index in [0.717, 1.165) is 0 Å². The van der Waals surface area contributed by atoms with Crippen molar-refractivity contribution in [2.75, 3.05) is 13.1 Å². The number of sulfonamides is 1. The fourth-order valence-corrected chi connectivity index (χ4v) is 3.79. The number of benzene rings is 1. The predicted molar refractivity (Wildman–Crippen MR) is 87.3 cm³/mol. The summed E-state index contributed by atoms with van der Waals surface area (Å²) in [6, 6.07) is 4.12. The highest BCUT2D eigenvalue weighted by Crippen LogP contribution is 2.29. The third kappa shape index (κ3) is 3.81. The molecule has 0 aliphatic heterocycles. The maximum atomic E-state index is 12.5. The van der Waals surface area contributed by atoms with Crippen LogP contribution in [0.25, 0.3) is 10.9 Å². The molecule has 0 aliphatic rings. The SMILES string of the molecule is NC(=O)NCCNS(=O)(=O)c1c(C(N)=O)[nH]c2ccc(Br)cc12. The van der Waals surface area contributed by atoms with Crippen molar-refractivity contribution in [2.45, 2.75) is 4.90 Å². The van der Waals surface area contributed by atoms with Crippen LogP contribution in [0, 0.1) is 0 Å². The Morgan fingerprint density at radius 1 is 1.22 bits per heavy atom. The van der Waals surface area contributed by atoms with Crippen LogP contribution in [0.15, 0.2) is 27.6 Å². The number of halogens is 1. The minimum atomic E-state index is -4.03. The van der Waals surface area contributed by atoms with Crippen molar-refractivity contribution in [3.63, 3.8) is 0 Å². The van der Waals surface area contributed by atoms with Crippen molar-refractivity contribution in [2.24, 2.45) is 11.5 Å². The van der Waals surface area contributed by atoms with E-state index < -0.39 is 22.0 Å². The number of H-pyrrole nitrogens is 1. The minimum absolute atomic E-state index is 0.00647. The molecule has 0 saturated heterocycles. The first kappa shape index (κ1) is 17.2. The van der Waals surface area contributed by atoms with Crippen molar-refractivity contribution in [1.82, 2.24) is 15.0 Å². The summed E-state index contributed by atoms with van der Waals surface area (Å²) >= 11 is 3.25. The number of carbonyl (C=O) groups is 2. The summed E-state index contributed by atoms with van der Waals surface area (Å²) in [5, 5.41) is 2.57. The molecule has 0 fully saturated rings. The maximum Gasteiger partial charge on any atom is 0.312 e. The van der Waals surface area contributed by atoms with Gasteiger partial charge in [-0.2, -0.15) is 0 Å². The Hall–Kier alpha value is -2.11. The number of aromatic amines is 1. The van der Waals surface area contributed by atoms with Gasteiger partial charge in [-0.05, 0) is 18.2 Å². The van der Waals surface area contributed by atoms with Crippen LogP contribution in [0.5, 0.6) is 0 Å². The Balaban J connectivity index is 2.43. The van der Waals surface area contributed by atoms with Gasteiger partial charge >= 0.3 is 6.03 Å². The van der Waals surface area contributed by atoms with Crippen LogP contribution in [0.4, 0.5) is 4.79 Å². The monoisotopic (exact) mass is 403 g/mol. The maximum absolute atomic E-state index is 12.5. The van der Waals surface area contributed by atoms with E-state index in [1.807, 2.05) is 0 Å². The lowest BCUT2D eigenvalue weighted by atomic mass is 10.2. The van der Waals surface area contributed by atoms with E-state index in [1.165, 1.54) is 0 Å². The zero-order valence-corrected chi connectivity index (χ0v) is 14.1. The van der Waals surface area contributed by atoms with Gasteiger partial charge in [0.25, 0.3) is 5.91 Å². The fourth-order valence-electron chi connectivity index (χ4n) is 2.04. The number of nitrogens with two attached hydrogens (primary N) is 2. The molecule has 7 N–H and O–H groups in total. The van der Waals surface area contributed by atoms with Gasteiger partial charge in [-0.1, -0.05) is 15.9 Å². The Kier molecular flexibility index (Phi) is 4.92. The molecule has 1 aromatic heterocycles. The molecule has 0 unspecified atom stereocenters. The van der Waals surface area contributed by atoms with Crippen molar-refractivity contribution in [3.05, 3.63) is 28.4 Å². The number of fused-ring (bicyclic) bond motifs is 1. The average Bonchev–Trinajstić information content (AvgIpc) is 2.83. The molecule has 2 rings (SSSR count). The lowest BCUT2D eigenvalue weighted by Crippen LogP contribution is -2.37. The van der Waals surface area contributed by atoms with Crippen LogP contribution in [-0.2, 0) is 10.0 Å². The number of primary amides is 2. The van der Waals surface area contributed by atoms with Gasteiger partial charge in [0.1, 0.15) is 10.6 Å². The fraction of sp³-hybridized carbons (Fsp3) is 0.167. The summed E-state index contributed by atoms with van der Waals surface area (Å²) in [7, 11) is -4.03. The van der Waals surface area contributed by atoms with Gasteiger partial charge in [-0.3, -0.25) is 4.79 Å². The van der Waals surface area contributed by atoms with Gasteiger partial charge in [0.15, 0.2) is 0 Å². The second-order valence-electron chi connectivity index (χ2n) is 4.57. The van der Waals surface area contributed by atoms with Crippen LogP contribution < -0.4 is 21.5 Å². The first-order valence-corrected chi connectivity index (χ1v) is 8.64. The van der Waals surface area contributed by atoms with Gasteiger partial charge in [0, 0.05) is 28.5 Å². The molecule has 9 nitrogen and oxygen atoms in total. The number of hydrogen-bond acceptors (Lipinski definition) is 4. The summed E-state index contributed by atoms with van der Waals surface area (Å²) < 4.78 is 27.9. The van der Waals surface area contributed by atoms with E-state index in [2.05, 4.69) is 31.0 Å². The number of amides is 3. The molecule has 2 aromatic rings. The second kappa shape index (κ2) is 6.56. The molecule has 124 valence electrons. The highest BCUT2D eigenvalue weighted by atomic mass is 79.9. The van der Waals surface area contributed by atoms with Gasteiger partial charge in [0.2, 0.25) is 10.0 Å². The smallest absolute Gasteiger partial charge is 0.312 e. The summed E-state index contributed by atoms with van der Waals surface area (Å²) in [6.45, 7) is -0.0866. The Bertz CT molecular complexity index is 877. The molecule has 0 bridgehead atoms. The number of urea groups is 1. The Morgan fingerprint density at radius 3 is 2.52 bits per heavy atom. The molecule has 1 aromatic carbocycles. The molecule has 0 radical (unpaired) electrons. The van der Waals surface area contributed by atoms with Crippen LogP contribution in [0.1, 0.15) is 10.5 Å². The summed E-state index contributed by atoms with van der Waals surface area (Å²) in [6.07, 6.45) is 0. The number of rotatable bonds is 6.